The molecule has 1 unspecified atom stereocenters. The minimum Gasteiger partial charge on any atom is -0.465 e. The highest BCUT2D eigenvalue weighted by Crippen LogP contribution is 2.20. The third-order valence-electron chi connectivity index (χ3n) is 3.20. The van der Waals surface area contributed by atoms with E-state index in [9.17, 15) is 9.59 Å². The first-order valence-corrected chi connectivity index (χ1v) is 7.65. The van der Waals surface area contributed by atoms with Gasteiger partial charge < -0.3 is 9.64 Å². The highest BCUT2D eigenvalue weighted by atomic mass is 32.2. The minimum absolute atomic E-state index is 0.149. The molecule has 0 N–H and O–H groups in total. The molecular weight excluding hydrogens is 250 g/mol. The number of ether oxygens (including phenoxy) is 1. The molecule has 1 fully saturated rings. The summed E-state index contributed by atoms with van der Waals surface area (Å²) in [6.07, 6.45) is 2.17. The van der Waals surface area contributed by atoms with E-state index >= 15 is 0 Å². The second kappa shape index (κ2) is 7.67. The van der Waals surface area contributed by atoms with Gasteiger partial charge in [0, 0.05) is 13.1 Å². The second-order valence-corrected chi connectivity index (χ2v) is 6.10. The van der Waals surface area contributed by atoms with Gasteiger partial charge in [-0.25, -0.2) is 0 Å². The van der Waals surface area contributed by atoms with E-state index in [0.717, 1.165) is 31.8 Å². The van der Waals surface area contributed by atoms with Gasteiger partial charge in [-0.05, 0) is 32.6 Å². The number of carbonyl (C=O) groups is 2. The monoisotopic (exact) mass is 273 g/mol. The Morgan fingerprint density at radius 3 is 2.56 bits per heavy atom. The minimum atomic E-state index is -0.241. The summed E-state index contributed by atoms with van der Waals surface area (Å²) in [4.78, 5) is 25.3. The van der Waals surface area contributed by atoms with Crippen molar-refractivity contribution in [3.8, 4) is 0 Å². The Morgan fingerprint density at radius 1 is 1.39 bits per heavy atom. The van der Waals surface area contributed by atoms with Gasteiger partial charge in [-0.3, -0.25) is 9.59 Å². The van der Waals surface area contributed by atoms with Crippen LogP contribution in [0.5, 0.6) is 0 Å². The van der Waals surface area contributed by atoms with Crippen LogP contribution in [0.15, 0.2) is 0 Å². The lowest BCUT2D eigenvalue weighted by Gasteiger charge is -2.32. The van der Waals surface area contributed by atoms with E-state index in [0.29, 0.717) is 6.61 Å². The Hall–Kier alpha value is -0.710. The van der Waals surface area contributed by atoms with Gasteiger partial charge in [0.15, 0.2) is 0 Å². The molecule has 104 valence electrons. The third kappa shape index (κ3) is 4.88. The van der Waals surface area contributed by atoms with Crippen molar-refractivity contribution in [1.82, 2.24) is 4.90 Å². The van der Waals surface area contributed by atoms with Crippen LogP contribution in [0.2, 0.25) is 0 Å². The maximum Gasteiger partial charge on any atom is 0.315 e. The zero-order valence-electron chi connectivity index (χ0n) is 11.5. The Morgan fingerprint density at radius 2 is 2.00 bits per heavy atom. The molecule has 1 heterocycles. The molecule has 0 radical (unpaired) electrons. The molecule has 1 amide bonds. The third-order valence-corrected chi connectivity index (χ3v) is 4.30. The summed E-state index contributed by atoms with van der Waals surface area (Å²) in [5, 5.41) is -0.164. The summed E-state index contributed by atoms with van der Waals surface area (Å²) < 4.78 is 4.85. The number of piperidine rings is 1. The number of rotatable bonds is 5. The van der Waals surface area contributed by atoms with E-state index in [2.05, 4.69) is 6.92 Å². The zero-order valence-corrected chi connectivity index (χ0v) is 12.3. The summed E-state index contributed by atoms with van der Waals surface area (Å²) >= 11 is 1.36. The molecule has 0 aromatic carbocycles. The van der Waals surface area contributed by atoms with Crippen LogP contribution < -0.4 is 0 Å². The molecule has 0 saturated carbocycles. The number of esters is 1. The predicted octanol–water partition coefficient (Wildman–Crippen LogP) is 1.93. The van der Waals surface area contributed by atoms with Gasteiger partial charge in [-0.2, -0.15) is 0 Å². The summed E-state index contributed by atoms with van der Waals surface area (Å²) in [7, 11) is 0. The molecule has 1 saturated heterocycles. The molecule has 18 heavy (non-hydrogen) atoms. The number of amides is 1. The van der Waals surface area contributed by atoms with E-state index < -0.39 is 0 Å². The lowest BCUT2D eigenvalue weighted by Crippen LogP contribution is -2.42. The molecule has 0 aromatic rings. The highest BCUT2D eigenvalue weighted by molar-refractivity contribution is 8.01. The van der Waals surface area contributed by atoms with Crippen molar-refractivity contribution < 1.29 is 14.3 Å². The van der Waals surface area contributed by atoms with Gasteiger partial charge in [0.2, 0.25) is 5.91 Å². The van der Waals surface area contributed by atoms with Gasteiger partial charge in [0.1, 0.15) is 0 Å². The highest BCUT2D eigenvalue weighted by Gasteiger charge is 2.25. The van der Waals surface area contributed by atoms with E-state index in [4.69, 9.17) is 4.74 Å². The molecule has 4 nitrogen and oxygen atoms in total. The van der Waals surface area contributed by atoms with Gasteiger partial charge in [-0.15, -0.1) is 11.8 Å². The van der Waals surface area contributed by atoms with Gasteiger partial charge >= 0.3 is 5.97 Å². The van der Waals surface area contributed by atoms with E-state index in [1.807, 2.05) is 11.8 Å². The number of nitrogens with zero attached hydrogens (tertiary/aromatic N) is 1. The van der Waals surface area contributed by atoms with Crippen LogP contribution in [0.4, 0.5) is 0 Å². The van der Waals surface area contributed by atoms with Crippen LogP contribution in [0.1, 0.15) is 33.6 Å². The van der Waals surface area contributed by atoms with Crippen molar-refractivity contribution >= 4 is 23.6 Å². The van der Waals surface area contributed by atoms with Crippen LogP contribution in [-0.2, 0) is 14.3 Å². The molecular formula is C13H23NO3S. The number of thioether (sulfide) groups is 1. The SMILES string of the molecule is CCOC(=O)CSC(C)C(=O)N1CCC(C)CC1. The van der Waals surface area contributed by atoms with Crippen molar-refractivity contribution in [3.05, 3.63) is 0 Å². The molecule has 1 aliphatic heterocycles. The van der Waals surface area contributed by atoms with Crippen LogP contribution in [0.25, 0.3) is 0 Å². The maximum atomic E-state index is 12.1. The first-order valence-electron chi connectivity index (χ1n) is 6.60. The second-order valence-electron chi connectivity index (χ2n) is 4.77. The van der Waals surface area contributed by atoms with Crippen molar-refractivity contribution in [2.45, 2.75) is 38.9 Å². The smallest absolute Gasteiger partial charge is 0.315 e. The standard InChI is InChI=1S/C13H23NO3S/c1-4-17-12(15)9-18-11(3)13(16)14-7-5-10(2)6-8-14/h10-11H,4-9H2,1-3H3. The fraction of sp³-hybridized carbons (Fsp3) is 0.846. The number of carbonyl (C=O) groups excluding carboxylic acids is 2. The van der Waals surface area contributed by atoms with Crippen molar-refractivity contribution in [2.75, 3.05) is 25.4 Å². The predicted molar refractivity (Wildman–Crippen MR) is 73.5 cm³/mol. The summed E-state index contributed by atoms with van der Waals surface area (Å²) in [5.74, 6) is 0.882. The van der Waals surface area contributed by atoms with Gasteiger partial charge in [0.25, 0.3) is 0 Å². The molecule has 1 aliphatic rings. The average molecular weight is 273 g/mol. The Labute approximate surface area is 113 Å². The molecule has 0 bridgehead atoms. The number of hydrogen-bond acceptors (Lipinski definition) is 4. The van der Waals surface area contributed by atoms with Crippen molar-refractivity contribution in [3.63, 3.8) is 0 Å². The summed E-state index contributed by atoms with van der Waals surface area (Å²) in [6, 6.07) is 0. The van der Waals surface area contributed by atoms with Crippen LogP contribution in [0.3, 0.4) is 0 Å². The quantitative estimate of drug-likeness (QED) is 0.718. The molecule has 0 spiro atoms. The van der Waals surface area contributed by atoms with Crippen molar-refractivity contribution in [1.29, 1.82) is 0 Å². The number of hydrogen-bond donors (Lipinski definition) is 0. The summed E-state index contributed by atoms with van der Waals surface area (Å²) in [5.41, 5.74) is 0. The van der Waals surface area contributed by atoms with E-state index in [-0.39, 0.29) is 22.9 Å². The van der Waals surface area contributed by atoms with Gasteiger partial charge in [-0.1, -0.05) is 6.92 Å². The number of likely N-dealkylation sites (tertiary alicyclic amines) is 1. The zero-order chi connectivity index (χ0) is 13.5. The summed E-state index contributed by atoms with van der Waals surface area (Å²) in [6.45, 7) is 7.97. The van der Waals surface area contributed by atoms with Gasteiger partial charge in [0.05, 0.1) is 17.6 Å². The molecule has 1 rings (SSSR count). The average Bonchev–Trinajstić information content (AvgIpc) is 2.36. The van der Waals surface area contributed by atoms with Crippen LogP contribution in [0, 0.1) is 5.92 Å². The van der Waals surface area contributed by atoms with Crippen LogP contribution in [-0.4, -0.2) is 47.5 Å². The maximum absolute atomic E-state index is 12.1. The first-order chi connectivity index (χ1) is 8.54. The van der Waals surface area contributed by atoms with Crippen molar-refractivity contribution in [2.24, 2.45) is 5.92 Å². The van der Waals surface area contributed by atoms with Crippen LogP contribution >= 0.6 is 11.8 Å². The van der Waals surface area contributed by atoms with E-state index in [1.54, 1.807) is 6.92 Å². The normalized spacial score (nSPS) is 18.5. The Bertz CT molecular complexity index is 288. The molecule has 0 aliphatic carbocycles. The molecule has 5 heteroatoms. The Balaban J connectivity index is 2.30. The Kier molecular flexibility index (Phi) is 6.54. The van der Waals surface area contributed by atoms with E-state index in [1.165, 1.54) is 11.8 Å². The first kappa shape index (κ1) is 15.3. The molecule has 0 aromatic heterocycles. The lowest BCUT2D eigenvalue weighted by atomic mass is 9.99. The topological polar surface area (TPSA) is 46.6 Å². The molecule has 1 atom stereocenters. The largest absolute Gasteiger partial charge is 0.465 e. The fourth-order valence-electron chi connectivity index (χ4n) is 1.95. The fourth-order valence-corrected chi connectivity index (χ4v) is 2.71. The lowest BCUT2D eigenvalue weighted by molar-refractivity contribution is -0.139.